The molecule has 330 valence electrons. The number of carbonyl (C=O) groups excluding carboxylic acids is 5. The molecule has 2 atom stereocenters. The number of carbonyl (C=O) groups is 5. The van der Waals surface area contributed by atoms with Crippen molar-refractivity contribution >= 4 is 41.3 Å². The van der Waals surface area contributed by atoms with Crippen molar-refractivity contribution in [2.45, 2.75) is 104 Å². The number of ether oxygens (including phenoxy) is 2. The van der Waals surface area contributed by atoms with Gasteiger partial charge in [0, 0.05) is 60.7 Å². The fourth-order valence-electron chi connectivity index (χ4n) is 7.89. The van der Waals surface area contributed by atoms with Gasteiger partial charge in [0.1, 0.15) is 22.8 Å². The van der Waals surface area contributed by atoms with E-state index in [2.05, 4.69) is 31.2 Å². The Kier molecular flexibility index (Phi) is 14.5. The van der Waals surface area contributed by atoms with E-state index >= 15 is 4.39 Å². The average molecular weight is 852 g/mol. The number of hydrogen-bond donors (Lipinski definition) is 3. The third kappa shape index (κ3) is 12.8. The zero-order valence-electron chi connectivity index (χ0n) is 36.5. The van der Waals surface area contributed by atoms with E-state index in [-0.39, 0.29) is 66.8 Å². The topological polar surface area (TPSA) is 180 Å². The van der Waals surface area contributed by atoms with Crippen molar-refractivity contribution in [2.24, 2.45) is 33.0 Å². The number of nitrogens with zero attached hydrogens (tertiary/aromatic N) is 4. The highest BCUT2D eigenvalue weighted by Gasteiger charge is 2.33. The third-order valence-electron chi connectivity index (χ3n) is 11.1. The molecule has 3 aromatic carbocycles. The maximum Gasteiger partial charge on any atom is 0.410 e. The summed E-state index contributed by atoms with van der Waals surface area (Å²) in [5.41, 5.74) is 1.55. The Morgan fingerprint density at radius 2 is 1.52 bits per heavy atom. The normalized spacial score (nSPS) is 19.3. The van der Waals surface area contributed by atoms with E-state index in [9.17, 15) is 24.0 Å². The highest BCUT2D eigenvalue weighted by Crippen LogP contribution is 2.32. The Hall–Kier alpha value is -5.99. The van der Waals surface area contributed by atoms with Crippen LogP contribution in [-0.2, 0) is 25.5 Å². The number of aliphatic imine (C=N–C) groups is 1. The maximum absolute atomic E-state index is 16.0. The zero-order chi connectivity index (χ0) is 44.6. The van der Waals surface area contributed by atoms with Gasteiger partial charge in [-0.15, -0.1) is 5.11 Å². The van der Waals surface area contributed by atoms with Crippen LogP contribution in [-0.4, -0.2) is 84.1 Å². The van der Waals surface area contributed by atoms with Gasteiger partial charge in [0.05, 0.1) is 5.56 Å². The van der Waals surface area contributed by atoms with E-state index in [4.69, 9.17) is 9.47 Å². The Bertz CT molecular complexity index is 2170. The number of Topliss-reactive ketones (excluding diaryl/α,β-unsaturated/α-hetero) is 1. The molecule has 0 bridgehead atoms. The molecule has 14 nitrogen and oxygen atoms in total. The number of rotatable bonds is 13. The van der Waals surface area contributed by atoms with Crippen LogP contribution in [0, 0.1) is 23.6 Å². The first-order valence-corrected chi connectivity index (χ1v) is 21.4. The zero-order valence-corrected chi connectivity index (χ0v) is 36.5. The summed E-state index contributed by atoms with van der Waals surface area (Å²) in [5.74, 6) is -1.67. The van der Waals surface area contributed by atoms with E-state index in [0.29, 0.717) is 49.4 Å². The van der Waals surface area contributed by atoms with Gasteiger partial charge in [-0.2, -0.15) is 5.11 Å². The molecular formula is C47H58FN7O7. The van der Waals surface area contributed by atoms with Crippen LogP contribution < -0.4 is 16.0 Å². The van der Waals surface area contributed by atoms with Crippen molar-refractivity contribution in [1.82, 2.24) is 15.5 Å². The summed E-state index contributed by atoms with van der Waals surface area (Å²) in [5, 5.41) is 16.6. The molecule has 62 heavy (non-hydrogen) atoms. The van der Waals surface area contributed by atoms with Gasteiger partial charge < -0.3 is 30.3 Å². The first-order valence-electron chi connectivity index (χ1n) is 21.4. The molecule has 2 heterocycles. The lowest BCUT2D eigenvalue weighted by molar-refractivity contribution is -0.129. The average Bonchev–Trinajstić information content (AvgIpc) is 3.93. The molecule has 2 aliphatic heterocycles. The van der Waals surface area contributed by atoms with Gasteiger partial charge in [0.15, 0.2) is 12.5 Å². The molecule has 3 N–H and O–H groups in total. The Morgan fingerprint density at radius 3 is 2.16 bits per heavy atom. The number of hydrogen-bond acceptors (Lipinski definition) is 10. The molecule has 15 heteroatoms. The molecular weight excluding hydrogens is 794 g/mol. The number of benzene rings is 3. The molecule has 3 aromatic rings. The minimum absolute atomic E-state index is 0.0209. The highest BCUT2D eigenvalue weighted by atomic mass is 19.1. The molecule has 4 amide bonds. The van der Waals surface area contributed by atoms with Gasteiger partial charge in [-0.25, -0.2) is 19.0 Å². The van der Waals surface area contributed by atoms with E-state index < -0.39 is 41.0 Å². The molecule has 1 saturated carbocycles. The number of ketones is 1. The standard InChI is InChI=1S/C47H58FN7O7/c1-46(2,3)61-44(59)49-26-30-12-16-32(17-13-30)39(56)25-34(42(57)52-35-20-18-33(19-21-35)41-50-28-51-54-41)24-29-10-14-31(15-11-29)37-8-7-9-38(40(37)48)43(58)53-36-22-23-55(27-36)45(60)62-47(4,5)6/h7-11,14-15,18-21,30,32,34,36H,12-13,16-17,22-28H2,1-6H3,(H,49,59)(H,52,57)(H,53,58)/t30?,32?,34-,36-/m1/s1. The van der Waals surface area contributed by atoms with Gasteiger partial charge in [0.25, 0.3) is 5.91 Å². The molecule has 6 rings (SSSR count). The predicted octanol–water partition coefficient (Wildman–Crippen LogP) is 8.49. The number of alkyl carbamates (subject to hydrolysis) is 1. The molecule has 1 aliphatic carbocycles. The largest absolute Gasteiger partial charge is 0.444 e. The maximum atomic E-state index is 16.0. The van der Waals surface area contributed by atoms with Crippen LogP contribution in [0.5, 0.6) is 0 Å². The number of likely N-dealkylation sites (tertiary alicyclic amines) is 1. The van der Waals surface area contributed by atoms with Crippen LogP contribution in [0.15, 0.2) is 82.0 Å². The smallest absolute Gasteiger partial charge is 0.410 e. The molecule has 0 spiro atoms. The van der Waals surface area contributed by atoms with E-state index in [0.717, 1.165) is 24.0 Å². The minimum atomic E-state index is -0.696. The summed E-state index contributed by atoms with van der Waals surface area (Å²) < 4.78 is 26.8. The van der Waals surface area contributed by atoms with Crippen molar-refractivity contribution < 1.29 is 37.8 Å². The summed E-state index contributed by atoms with van der Waals surface area (Å²) in [6, 6.07) is 18.6. The van der Waals surface area contributed by atoms with Crippen molar-refractivity contribution in [1.29, 1.82) is 0 Å². The summed E-state index contributed by atoms with van der Waals surface area (Å²) >= 11 is 0. The SMILES string of the molecule is CC(C)(C)OC(=O)NCC1CCC(C(=O)C[C@@H](Cc2ccc(-c3cccc(C(=O)N[C@@H]4CCN(C(=O)OC(C)(C)C)C4)c3F)cc2)C(=O)Nc2ccc(C3=NCN=N3)cc2)CC1. The third-order valence-corrected chi connectivity index (χ3v) is 11.1. The van der Waals surface area contributed by atoms with Crippen LogP contribution >= 0.6 is 0 Å². The second-order valence-electron chi connectivity index (χ2n) is 18.4. The van der Waals surface area contributed by atoms with Crippen LogP contribution in [0.2, 0.25) is 0 Å². The van der Waals surface area contributed by atoms with Crippen molar-refractivity contribution in [3.63, 3.8) is 0 Å². The molecule has 0 radical (unpaired) electrons. The number of anilines is 1. The number of halogens is 1. The molecule has 0 aromatic heterocycles. The van der Waals surface area contributed by atoms with Crippen molar-refractivity contribution in [3.05, 3.63) is 89.2 Å². The quantitative estimate of drug-likeness (QED) is 0.154. The van der Waals surface area contributed by atoms with Crippen LogP contribution in [0.3, 0.4) is 0 Å². The molecule has 2 fully saturated rings. The second kappa shape index (κ2) is 19.8. The fourth-order valence-corrected chi connectivity index (χ4v) is 7.89. The minimum Gasteiger partial charge on any atom is -0.444 e. The summed E-state index contributed by atoms with van der Waals surface area (Å²) in [4.78, 5) is 71.6. The summed E-state index contributed by atoms with van der Waals surface area (Å²) in [7, 11) is 0. The predicted molar refractivity (Wildman–Crippen MR) is 233 cm³/mol. The van der Waals surface area contributed by atoms with E-state index in [1.54, 1.807) is 69.3 Å². The van der Waals surface area contributed by atoms with Crippen molar-refractivity contribution in [2.75, 3.05) is 31.6 Å². The van der Waals surface area contributed by atoms with E-state index in [1.807, 2.05) is 32.9 Å². The van der Waals surface area contributed by atoms with Crippen molar-refractivity contribution in [3.8, 4) is 11.1 Å². The van der Waals surface area contributed by atoms with Gasteiger partial charge in [-0.1, -0.05) is 36.4 Å². The van der Waals surface area contributed by atoms with Gasteiger partial charge >= 0.3 is 12.2 Å². The molecule has 1 saturated heterocycles. The van der Waals surface area contributed by atoms with Gasteiger partial charge in [0.2, 0.25) is 5.91 Å². The summed E-state index contributed by atoms with van der Waals surface area (Å²) in [6.07, 6.45) is 2.78. The lowest BCUT2D eigenvalue weighted by Crippen LogP contribution is -2.40. The lowest BCUT2D eigenvalue weighted by atomic mass is 9.77. The first-order chi connectivity index (χ1) is 29.4. The van der Waals surface area contributed by atoms with Crippen LogP contribution in [0.25, 0.3) is 11.1 Å². The summed E-state index contributed by atoms with van der Waals surface area (Å²) in [6.45, 7) is 12.3. The van der Waals surface area contributed by atoms with Crippen LogP contribution in [0.1, 0.15) is 102 Å². The van der Waals surface area contributed by atoms with E-state index in [1.165, 1.54) is 11.0 Å². The Morgan fingerprint density at radius 1 is 0.839 bits per heavy atom. The highest BCUT2D eigenvalue weighted by molar-refractivity contribution is 6.01. The Balaban J connectivity index is 1.10. The van der Waals surface area contributed by atoms with Gasteiger partial charge in [-0.05, 0) is 127 Å². The second-order valence-corrected chi connectivity index (χ2v) is 18.4. The van der Waals surface area contributed by atoms with Crippen LogP contribution in [0.4, 0.5) is 19.7 Å². The monoisotopic (exact) mass is 851 g/mol. The number of azo groups is 1. The molecule has 0 unspecified atom stereocenters. The number of nitrogens with one attached hydrogen (secondary N) is 3. The fraction of sp³-hybridized carbons (Fsp3) is 0.489. The number of amides is 4. The number of amidine groups is 1. The first kappa shape index (κ1) is 45.5. The Labute approximate surface area is 362 Å². The lowest BCUT2D eigenvalue weighted by Gasteiger charge is -2.29. The molecule has 3 aliphatic rings. The van der Waals surface area contributed by atoms with Gasteiger partial charge in [-0.3, -0.25) is 14.4 Å².